The van der Waals surface area contributed by atoms with Gasteiger partial charge in [0, 0.05) is 43.2 Å². The predicted molar refractivity (Wildman–Crippen MR) is 83.8 cm³/mol. The molecule has 1 saturated carbocycles. The fourth-order valence-corrected chi connectivity index (χ4v) is 3.84. The van der Waals surface area contributed by atoms with Gasteiger partial charge >= 0.3 is 0 Å². The maximum atomic E-state index is 12.1. The molecule has 2 fully saturated rings. The number of carbonyl (C=O) groups is 1. The van der Waals surface area contributed by atoms with Gasteiger partial charge in [-0.25, -0.2) is 0 Å². The lowest BCUT2D eigenvalue weighted by molar-refractivity contribution is -0.127. The minimum Gasteiger partial charge on any atom is -0.337 e. The molecule has 3 nitrogen and oxygen atoms in total. The summed E-state index contributed by atoms with van der Waals surface area (Å²) in [6.45, 7) is 3.85. The van der Waals surface area contributed by atoms with Gasteiger partial charge in [-0.15, -0.1) is 11.3 Å². The lowest BCUT2D eigenvalue weighted by Gasteiger charge is -2.37. The smallest absolute Gasteiger partial charge is 0.246 e. The molecule has 1 aromatic rings. The van der Waals surface area contributed by atoms with Gasteiger partial charge in [-0.3, -0.25) is 9.69 Å². The van der Waals surface area contributed by atoms with Crippen molar-refractivity contribution in [2.75, 3.05) is 26.2 Å². The van der Waals surface area contributed by atoms with Crippen molar-refractivity contribution >= 4 is 23.3 Å². The first kappa shape index (κ1) is 13.8. The van der Waals surface area contributed by atoms with Gasteiger partial charge in [-0.05, 0) is 30.4 Å². The number of carbonyl (C=O) groups excluding carboxylic acids is 1. The number of hydrogen-bond acceptors (Lipinski definition) is 3. The second-order valence-electron chi connectivity index (χ2n) is 5.65. The highest BCUT2D eigenvalue weighted by atomic mass is 32.1. The Morgan fingerprint density at radius 1 is 1.20 bits per heavy atom. The van der Waals surface area contributed by atoms with Gasteiger partial charge in [0.2, 0.25) is 5.91 Å². The second-order valence-corrected chi connectivity index (χ2v) is 6.63. The van der Waals surface area contributed by atoms with E-state index in [-0.39, 0.29) is 5.91 Å². The number of thiophene rings is 1. The summed E-state index contributed by atoms with van der Waals surface area (Å²) >= 11 is 1.66. The van der Waals surface area contributed by atoms with Crippen molar-refractivity contribution in [1.82, 2.24) is 9.80 Å². The molecule has 1 aliphatic heterocycles. The molecule has 0 radical (unpaired) electrons. The average Bonchev–Trinajstić information content (AvgIpc) is 3.18. The molecular formula is C16H22N2OS. The van der Waals surface area contributed by atoms with Crippen LogP contribution < -0.4 is 0 Å². The van der Waals surface area contributed by atoms with Crippen LogP contribution in [0.3, 0.4) is 0 Å². The molecule has 2 aliphatic rings. The van der Waals surface area contributed by atoms with E-state index < -0.39 is 0 Å². The largest absolute Gasteiger partial charge is 0.337 e. The lowest BCUT2D eigenvalue weighted by atomic mass is 10.2. The van der Waals surface area contributed by atoms with Crippen LogP contribution in [0.4, 0.5) is 0 Å². The Hall–Kier alpha value is -1.13. The molecule has 1 aromatic heterocycles. The van der Waals surface area contributed by atoms with E-state index in [0.29, 0.717) is 0 Å². The zero-order valence-corrected chi connectivity index (χ0v) is 12.6. The molecule has 1 amide bonds. The highest BCUT2D eigenvalue weighted by Gasteiger charge is 2.27. The third-order valence-electron chi connectivity index (χ3n) is 4.40. The summed E-state index contributed by atoms with van der Waals surface area (Å²) in [7, 11) is 0. The van der Waals surface area contributed by atoms with E-state index in [1.807, 2.05) is 28.5 Å². The van der Waals surface area contributed by atoms with E-state index in [1.165, 1.54) is 25.7 Å². The molecular weight excluding hydrogens is 268 g/mol. The SMILES string of the molecule is O=C(/C=C/c1cccs1)N1CCN(C2CCCC2)CC1. The van der Waals surface area contributed by atoms with E-state index in [4.69, 9.17) is 0 Å². The molecule has 3 rings (SSSR count). The number of hydrogen-bond donors (Lipinski definition) is 0. The van der Waals surface area contributed by atoms with E-state index in [0.717, 1.165) is 37.1 Å². The summed E-state index contributed by atoms with van der Waals surface area (Å²) in [5.74, 6) is 0.157. The Bertz CT molecular complexity index is 455. The summed E-state index contributed by atoms with van der Waals surface area (Å²) < 4.78 is 0. The quantitative estimate of drug-likeness (QED) is 0.799. The Balaban J connectivity index is 1.48. The Morgan fingerprint density at radius 2 is 1.95 bits per heavy atom. The minimum absolute atomic E-state index is 0.157. The lowest BCUT2D eigenvalue weighted by Crippen LogP contribution is -2.51. The second kappa shape index (κ2) is 6.55. The zero-order valence-electron chi connectivity index (χ0n) is 11.8. The molecule has 1 aliphatic carbocycles. The first-order chi connectivity index (χ1) is 9.83. The van der Waals surface area contributed by atoms with Crippen LogP contribution in [-0.4, -0.2) is 47.9 Å². The van der Waals surface area contributed by atoms with Crippen molar-refractivity contribution < 1.29 is 4.79 Å². The van der Waals surface area contributed by atoms with Gasteiger partial charge in [0.15, 0.2) is 0 Å². The standard InChI is InChI=1S/C16H22N2OS/c19-16(8-7-15-6-3-13-20-15)18-11-9-17(10-12-18)14-4-1-2-5-14/h3,6-8,13-14H,1-2,4-5,9-12H2/b8-7+. The fourth-order valence-electron chi connectivity index (χ4n) is 3.22. The molecule has 0 spiro atoms. The topological polar surface area (TPSA) is 23.6 Å². The maximum Gasteiger partial charge on any atom is 0.246 e. The average molecular weight is 290 g/mol. The summed E-state index contributed by atoms with van der Waals surface area (Å²) in [6, 6.07) is 4.83. The van der Waals surface area contributed by atoms with Crippen LogP contribution in [0.2, 0.25) is 0 Å². The Morgan fingerprint density at radius 3 is 2.60 bits per heavy atom. The highest BCUT2D eigenvalue weighted by molar-refractivity contribution is 7.10. The molecule has 20 heavy (non-hydrogen) atoms. The van der Waals surface area contributed by atoms with E-state index >= 15 is 0 Å². The molecule has 1 saturated heterocycles. The highest BCUT2D eigenvalue weighted by Crippen LogP contribution is 2.24. The van der Waals surface area contributed by atoms with Crippen molar-refractivity contribution in [3.8, 4) is 0 Å². The third-order valence-corrected chi connectivity index (χ3v) is 5.24. The zero-order chi connectivity index (χ0) is 13.8. The van der Waals surface area contributed by atoms with Crippen molar-refractivity contribution in [3.05, 3.63) is 28.5 Å². The molecule has 108 valence electrons. The number of nitrogens with zero attached hydrogens (tertiary/aromatic N) is 2. The molecule has 0 bridgehead atoms. The van der Waals surface area contributed by atoms with Gasteiger partial charge in [-0.2, -0.15) is 0 Å². The van der Waals surface area contributed by atoms with Crippen molar-refractivity contribution in [2.24, 2.45) is 0 Å². The summed E-state index contributed by atoms with van der Waals surface area (Å²) in [5, 5.41) is 2.03. The minimum atomic E-state index is 0.157. The van der Waals surface area contributed by atoms with Crippen LogP contribution >= 0.6 is 11.3 Å². The van der Waals surface area contributed by atoms with Gasteiger partial charge in [-0.1, -0.05) is 18.9 Å². The van der Waals surface area contributed by atoms with Crippen molar-refractivity contribution in [2.45, 2.75) is 31.7 Å². The number of rotatable bonds is 3. The van der Waals surface area contributed by atoms with Gasteiger partial charge in [0.05, 0.1) is 0 Å². The Kier molecular flexibility index (Phi) is 4.53. The monoisotopic (exact) mass is 290 g/mol. The van der Waals surface area contributed by atoms with Gasteiger partial charge < -0.3 is 4.90 Å². The fraction of sp³-hybridized carbons (Fsp3) is 0.562. The van der Waals surface area contributed by atoms with Crippen LogP contribution in [0.15, 0.2) is 23.6 Å². The van der Waals surface area contributed by atoms with Crippen molar-refractivity contribution in [1.29, 1.82) is 0 Å². The van der Waals surface area contributed by atoms with Crippen LogP contribution in [0, 0.1) is 0 Å². The maximum absolute atomic E-state index is 12.1. The summed E-state index contributed by atoms with van der Waals surface area (Å²) in [6.07, 6.45) is 9.12. The summed E-state index contributed by atoms with van der Waals surface area (Å²) in [5.41, 5.74) is 0. The molecule has 0 atom stereocenters. The number of amides is 1. The molecule has 0 N–H and O–H groups in total. The van der Waals surface area contributed by atoms with Crippen LogP contribution in [0.1, 0.15) is 30.6 Å². The normalized spacial score (nSPS) is 21.9. The summed E-state index contributed by atoms with van der Waals surface area (Å²) in [4.78, 5) is 17.9. The Labute approximate surface area is 124 Å². The third kappa shape index (κ3) is 3.30. The van der Waals surface area contributed by atoms with Crippen molar-refractivity contribution in [3.63, 3.8) is 0 Å². The molecule has 0 aromatic carbocycles. The number of piperazine rings is 1. The molecule has 4 heteroatoms. The van der Waals surface area contributed by atoms with E-state index in [1.54, 1.807) is 17.4 Å². The van der Waals surface area contributed by atoms with E-state index in [2.05, 4.69) is 4.90 Å². The van der Waals surface area contributed by atoms with Crippen LogP contribution in [0.5, 0.6) is 0 Å². The first-order valence-electron chi connectivity index (χ1n) is 7.57. The first-order valence-corrected chi connectivity index (χ1v) is 8.45. The predicted octanol–water partition coefficient (Wildman–Crippen LogP) is 2.85. The van der Waals surface area contributed by atoms with Crippen LogP contribution in [0.25, 0.3) is 6.08 Å². The van der Waals surface area contributed by atoms with Gasteiger partial charge in [0.1, 0.15) is 0 Å². The van der Waals surface area contributed by atoms with Crippen LogP contribution in [-0.2, 0) is 4.79 Å². The van der Waals surface area contributed by atoms with Gasteiger partial charge in [0.25, 0.3) is 0 Å². The molecule has 0 unspecified atom stereocenters. The molecule has 2 heterocycles. The van der Waals surface area contributed by atoms with E-state index in [9.17, 15) is 4.79 Å².